The zero-order valence-corrected chi connectivity index (χ0v) is 14.8. The maximum atomic E-state index is 6.82. The van der Waals surface area contributed by atoms with E-state index in [1.54, 1.807) is 0 Å². The van der Waals surface area contributed by atoms with E-state index in [-0.39, 0.29) is 0 Å². The summed E-state index contributed by atoms with van der Waals surface area (Å²) in [7, 11) is 0. The molecule has 2 unspecified atom stereocenters. The van der Waals surface area contributed by atoms with Crippen molar-refractivity contribution in [2.24, 2.45) is 5.92 Å². The van der Waals surface area contributed by atoms with Gasteiger partial charge in [0, 0.05) is 18.6 Å². The molecule has 2 nitrogen and oxygen atoms in total. The minimum atomic E-state index is 0.309. The highest BCUT2D eigenvalue weighted by atomic mass is 16.5. The third-order valence-electron chi connectivity index (χ3n) is 6.48. The van der Waals surface area contributed by atoms with Crippen LogP contribution in [0.5, 0.6) is 0 Å². The number of fused-ring (bicyclic) bond motifs is 2. The first kappa shape index (κ1) is 16.4. The Labute approximate surface area is 146 Å². The summed E-state index contributed by atoms with van der Waals surface area (Å²) in [5.74, 6) is 0.719. The summed E-state index contributed by atoms with van der Waals surface area (Å²) < 4.78 is 6.82. The van der Waals surface area contributed by atoms with Gasteiger partial charge in [-0.2, -0.15) is 0 Å². The highest BCUT2D eigenvalue weighted by Gasteiger charge is 2.41. The average Bonchev–Trinajstić information content (AvgIpc) is 3.21. The number of benzene rings is 1. The molecule has 2 heterocycles. The maximum Gasteiger partial charge on any atom is 0.0856 e. The lowest BCUT2D eigenvalue weighted by Crippen LogP contribution is -2.45. The summed E-state index contributed by atoms with van der Waals surface area (Å²) in [6.45, 7) is 4.99. The molecular formula is C22H31NO. The highest BCUT2D eigenvalue weighted by Crippen LogP contribution is 2.43. The molecule has 2 saturated heterocycles. The van der Waals surface area contributed by atoms with Crippen LogP contribution < -0.4 is 0 Å². The first-order chi connectivity index (χ1) is 11.8. The molecule has 2 aliphatic heterocycles. The minimum absolute atomic E-state index is 0.309. The van der Waals surface area contributed by atoms with E-state index in [1.807, 2.05) is 0 Å². The molecule has 0 radical (unpaired) electrons. The van der Waals surface area contributed by atoms with Gasteiger partial charge in [-0.25, -0.2) is 0 Å². The molecule has 24 heavy (non-hydrogen) atoms. The molecule has 130 valence electrons. The fraction of sp³-hybridized carbons (Fsp3) is 0.636. The van der Waals surface area contributed by atoms with E-state index in [9.17, 15) is 0 Å². The van der Waals surface area contributed by atoms with Crippen molar-refractivity contribution in [1.82, 2.24) is 4.90 Å². The van der Waals surface area contributed by atoms with Gasteiger partial charge in [0.15, 0.2) is 0 Å². The van der Waals surface area contributed by atoms with Crippen molar-refractivity contribution in [3.05, 3.63) is 48.6 Å². The Morgan fingerprint density at radius 3 is 2.33 bits per heavy atom. The maximum absolute atomic E-state index is 6.82. The summed E-state index contributed by atoms with van der Waals surface area (Å²) in [6, 6.07) is 12.4. The van der Waals surface area contributed by atoms with Crippen LogP contribution in [0.4, 0.5) is 0 Å². The minimum Gasteiger partial charge on any atom is -0.370 e. The first-order valence-electron chi connectivity index (χ1n) is 9.92. The molecule has 0 N–H and O–H groups in total. The lowest BCUT2D eigenvalue weighted by molar-refractivity contribution is -0.0814. The van der Waals surface area contributed by atoms with Gasteiger partial charge in [0.1, 0.15) is 0 Å². The van der Waals surface area contributed by atoms with E-state index in [0.29, 0.717) is 24.3 Å². The Morgan fingerprint density at radius 2 is 1.71 bits per heavy atom. The van der Waals surface area contributed by atoms with Crippen molar-refractivity contribution < 1.29 is 4.74 Å². The number of rotatable bonds is 6. The Hall–Kier alpha value is -1.12. The molecular weight excluding hydrogens is 294 g/mol. The molecule has 4 rings (SSSR count). The molecule has 0 amide bonds. The molecule has 1 aliphatic carbocycles. The van der Waals surface area contributed by atoms with Crippen molar-refractivity contribution in [3.8, 4) is 0 Å². The molecule has 2 bridgehead atoms. The molecule has 2 heteroatoms. The van der Waals surface area contributed by atoms with Crippen molar-refractivity contribution in [3.63, 3.8) is 0 Å². The quantitative estimate of drug-likeness (QED) is 0.673. The third-order valence-corrected chi connectivity index (χ3v) is 6.48. The van der Waals surface area contributed by atoms with Gasteiger partial charge in [-0.1, -0.05) is 49.2 Å². The van der Waals surface area contributed by atoms with Gasteiger partial charge >= 0.3 is 0 Å². The van der Waals surface area contributed by atoms with Crippen molar-refractivity contribution >= 4 is 0 Å². The van der Waals surface area contributed by atoms with E-state index in [2.05, 4.69) is 47.9 Å². The van der Waals surface area contributed by atoms with Crippen LogP contribution in [0, 0.1) is 5.92 Å². The Morgan fingerprint density at radius 1 is 1.04 bits per heavy atom. The standard InChI is InChI=1S/C22H31NO/c1-2-14-23-19-12-13-20(23)16-21(15-19)24-22(18-10-6-7-11-18)17-8-4-3-5-9-17/h2-5,8-9,18-22H,1,6-7,10-16H2/t19-,20+,21?,22?. The summed E-state index contributed by atoms with van der Waals surface area (Å²) >= 11 is 0. The van der Waals surface area contributed by atoms with Crippen LogP contribution in [0.3, 0.4) is 0 Å². The predicted octanol–water partition coefficient (Wildman–Crippen LogP) is 5.12. The van der Waals surface area contributed by atoms with Crippen LogP contribution in [-0.2, 0) is 4.74 Å². The molecule has 1 aromatic rings. The number of hydrogen-bond acceptors (Lipinski definition) is 2. The second kappa shape index (κ2) is 7.41. The monoisotopic (exact) mass is 325 g/mol. The summed E-state index contributed by atoms with van der Waals surface area (Å²) in [5.41, 5.74) is 1.39. The third kappa shape index (κ3) is 3.32. The second-order valence-corrected chi connectivity index (χ2v) is 7.98. The number of ether oxygens (including phenoxy) is 1. The van der Waals surface area contributed by atoms with Crippen molar-refractivity contribution in [2.45, 2.75) is 75.7 Å². The molecule has 4 atom stereocenters. The van der Waals surface area contributed by atoms with E-state index in [4.69, 9.17) is 4.74 Å². The van der Waals surface area contributed by atoms with Gasteiger partial charge in [0.05, 0.1) is 12.2 Å². The van der Waals surface area contributed by atoms with Crippen LogP contribution in [0.2, 0.25) is 0 Å². The number of piperidine rings is 1. The van der Waals surface area contributed by atoms with E-state index < -0.39 is 0 Å². The summed E-state index contributed by atoms with van der Waals surface area (Å²) in [4.78, 5) is 2.67. The van der Waals surface area contributed by atoms with Gasteiger partial charge in [0.2, 0.25) is 0 Å². The van der Waals surface area contributed by atoms with Gasteiger partial charge < -0.3 is 4.74 Å². The zero-order valence-electron chi connectivity index (χ0n) is 14.8. The van der Waals surface area contributed by atoms with E-state index >= 15 is 0 Å². The second-order valence-electron chi connectivity index (χ2n) is 7.98. The van der Waals surface area contributed by atoms with Crippen LogP contribution in [0.1, 0.15) is 63.0 Å². The predicted molar refractivity (Wildman–Crippen MR) is 99.0 cm³/mol. The molecule has 0 spiro atoms. The normalized spacial score (nSPS) is 32.1. The van der Waals surface area contributed by atoms with E-state index in [0.717, 1.165) is 12.5 Å². The highest BCUT2D eigenvalue weighted by molar-refractivity contribution is 5.19. The largest absolute Gasteiger partial charge is 0.370 e. The van der Waals surface area contributed by atoms with Gasteiger partial charge in [-0.3, -0.25) is 4.90 Å². The Balaban J connectivity index is 1.46. The topological polar surface area (TPSA) is 12.5 Å². The first-order valence-corrected chi connectivity index (χ1v) is 9.92. The molecule has 1 aromatic carbocycles. The van der Waals surface area contributed by atoms with Crippen molar-refractivity contribution in [1.29, 1.82) is 0 Å². The SMILES string of the molecule is C=CCN1[C@@H]2CC[C@H]1CC(OC(c1ccccc1)C1CCCC1)C2. The van der Waals surface area contributed by atoms with Gasteiger partial charge in [0.25, 0.3) is 0 Å². The summed E-state index contributed by atoms with van der Waals surface area (Å²) in [5, 5.41) is 0. The van der Waals surface area contributed by atoms with Gasteiger partial charge in [-0.05, 0) is 50.0 Å². The molecule has 3 fully saturated rings. The Bertz CT molecular complexity index is 522. The smallest absolute Gasteiger partial charge is 0.0856 e. The van der Waals surface area contributed by atoms with Crippen molar-refractivity contribution in [2.75, 3.05) is 6.54 Å². The Kier molecular flexibility index (Phi) is 5.05. The fourth-order valence-corrected chi connectivity index (χ4v) is 5.35. The van der Waals surface area contributed by atoms with Crippen LogP contribution in [0.25, 0.3) is 0 Å². The lowest BCUT2D eigenvalue weighted by Gasteiger charge is -2.40. The fourth-order valence-electron chi connectivity index (χ4n) is 5.35. The number of hydrogen-bond donors (Lipinski definition) is 0. The lowest BCUT2D eigenvalue weighted by atomic mass is 9.92. The molecule has 1 saturated carbocycles. The average molecular weight is 325 g/mol. The summed E-state index contributed by atoms with van der Waals surface area (Å²) in [6.07, 6.45) is 13.3. The van der Waals surface area contributed by atoms with E-state index in [1.165, 1.54) is 56.9 Å². The zero-order chi connectivity index (χ0) is 16.4. The molecule has 3 aliphatic rings. The van der Waals surface area contributed by atoms with Crippen LogP contribution >= 0.6 is 0 Å². The van der Waals surface area contributed by atoms with Crippen LogP contribution in [0.15, 0.2) is 43.0 Å². The van der Waals surface area contributed by atoms with Gasteiger partial charge in [-0.15, -0.1) is 6.58 Å². The number of nitrogens with zero attached hydrogens (tertiary/aromatic N) is 1. The molecule has 0 aromatic heterocycles. The van der Waals surface area contributed by atoms with Crippen LogP contribution in [-0.4, -0.2) is 29.6 Å².